The number of fused-ring (bicyclic) bond motifs is 1. The zero-order chi connectivity index (χ0) is 17.8. The molecule has 3 rings (SSSR count). The Hall–Kier alpha value is -2.45. The third-order valence-corrected chi connectivity index (χ3v) is 4.14. The van der Waals surface area contributed by atoms with Crippen LogP contribution in [-0.4, -0.2) is 53.5 Å². The molecule has 1 N–H and O–H groups in total. The van der Waals surface area contributed by atoms with Crippen molar-refractivity contribution in [2.75, 3.05) is 27.4 Å². The molecule has 0 radical (unpaired) electrons. The van der Waals surface area contributed by atoms with Gasteiger partial charge in [-0.05, 0) is 12.6 Å². The summed E-state index contributed by atoms with van der Waals surface area (Å²) < 4.78 is 15.8. The normalized spacial score (nSPS) is 14.4. The number of nitrogens with zero attached hydrogens (tertiary/aromatic N) is 3. The van der Waals surface area contributed by atoms with Crippen LogP contribution in [0.25, 0.3) is 0 Å². The van der Waals surface area contributed by atoms with Gasteiger partial charge >= 0.3 is 5.97 Å². The summed E-state index contributed by atoms with van der Waals surface area (Å²) in [4.78, 5) is 17.8. The van der Waals surface area contributed by atoms with Crippen molar-refractivity contribution in [3.05, 3.63) is 41.0 Å². The lowest BCUT2D eigenvalue weighted by molar-refractivity contribution is -0.143. The maximum atomic E-state index is 11.9. The summed E-state index contributed by atoms with van der Waals surface area (Å²) in [7, 11) is 3.32. The zero-order valence-corrected chi connectivity index (χ0v) is 14.3. The molecule has 8 heteroatoms. The summed E-state index contributed by atoms with van der Waals surface area (Å²) in [5.41, 5.74) is 1.68. The average molecular weight is 347 g/mol. The molecule has 1 unspecified atom stereocenters. The fraction of sp³-hybridized carbons (Fsp3) is 0.471. The molecule has 134 valence electrons. The lowest BCUT2D eigenvalue weighted by atomic mass is 10.0. The van der Waals surface area contributed by atoms with E-state index in [-0.39, 0.29) is 6.54 Å². The first-order chi connectivity index (χ1) is 12.1. The molecule has 1 aliphatic heterocycles. The van der Waals surface area contributed by atoms with Crippen LogP contribution in [0.3, 0.4) is 0 Å². The molecular formula is C17H21N3O5. The van der Waals surface area contributed by atoms with E-state index in [1.54, 1.807) is 25.1 Å². The lowest BCUT2D eigenvalue weighted by Gasteiger charge is -2.24. The summed E-state index contributed by atoms with van der Waals surface area (Å²) >= 11 is 0. The van der Waals surface area contributed by atoms with E-state index in [0.29, 0.717) is 42.7 Å². The molecule has 0 bridgehead atoms. The number of aromatic nitrogens is 2. The molecule has 0 saturated heterocycles. The summed E-state index contributed by atoms with van der Waals surface area (Å²) in [5.74, 6) is 0.632. The second kappa shape index (κ2) is 7.62. The van der Waals surface area contributed by atoms with Gasteiger partial charge in [0.15, 0.2) is 5.82 Å². The Balaban J connectivity index is 1.78. The number of carbonyl (C=O) groups is 1. The molecule has 1 aliphatic rings. The van der Waals surface area contributed by atoms with Crippen molar-refractivity contribution in [1.29, 1.82) is 0 Å². The molecular weight excluding hydrogens is 326 g/mol. The van der Waals surface area contributed by atoms with Crippen molar-refractivity contribution >= 4 is 5.97 Å². The number of likely N-dealkylation sites (N-methyl/N-ethyl adjacent to an activating group) is 1. The third-order valence-electron chi connectivity index (χ3n) is 4.14. The first-order valence-electron chi connectivity index (χ1n) is 8.08. The van der Waals surface area contributed by atoms with Crippen LogP contribution in [0.1, 0.15) is 28.9 Å². The number of rotatable bonds is 8. The Morgan fingerprint density at radius 1 is 1.48 bits per heavy atom. The van der Waals surface area contributed by atoms with Crippen LogP contribution < -0.4 is 4.74 Å². The summed E-state index contributed by atoms with van der Waals surface area (Å²) in [6.45, 7) is 1.30. The van der Waals surface area contributed by atoms with Gasteiger partial charge in [-0.2, -0.15) is 4.98 Å². The standard InChI is InChI=1S/C17H21N3O5/c1-20(10-14-18-13(19-25-14)7-8-23-2)15(17(21)22)12-5-3-4-11-6-9-24-16(11)12/h3-5,15H,6-10H2,1-2H3,(H,21,22). The van der Waals surface area contributed by atoms with Crippen molar-refractivity contribution in [3.63, 3.8) is 0 Å². The number of carboxylic acids is 1. The van der Waals surface area contributed by atoms with Gasteiger partial charge in [0.25, 0.3) is 0 Å². The number of aliphatic carboxylic acids is 1. The van der Waals surface area contributed by atoms with E-state index < -0.39 is 12.0 Å². The quantitative estimate of drug-likeness (QED) is 0.766. The Kier molecular flexibility index (Phi) is 5.30. The van der Waals surface area contributed by atoms with Crippen LogP contribution in [0.4, 0.5) is 0 Å². The number of ether oxygens (including phenoxy) is 2. The highest BCUT2D eigenvalue weighted by molar-refractivity contribution is 5.77. The van der Waals surface area contributed by atoms with Gasteiger partial charge in [-0.25, -0.2) is 0 Å². The van der Waals surface area contributed by atoms with E-state index in [1.165, 1.54) is 0 Å². The monoisotopic (exact) mass is 347 g/mol. The molecule has 1 aromatic heterocycles. The van der Waals surface area contributed by atoms with E-state index in [2.05, 4.69) is 10.1 Å². The van der Waals surface area contributed by atoms with Crippen molar-refractivity contribution < 1.29 is 23.9 Å². The summed E-state index contributed by atoms with van der Waals surface area (Å²) in [6, 6.07) is 4.76. The number of benzene rings is 1. The Morgan fingerprint density at radius 2 is 2.32 bits per heavy atom. The molecule has 25 heavy (non-hydrogen) atoms. The fourth-order valence-corrected chi connectivity index (χ4v) is 2.97. The molecule has 2 heterocycles. The predicted molar refractivity (Wildman–Crippen MR) is 87.4 cm³/mol. The number of hydrogen-bond donors (Lipinski definition) is 1. The predicted octanol–water partition coefficient (Wildman–Crippen LogP) is 1.45. The van der Waals surface area contributed by atoms with Gasteiger partial charge in [0.2, 0.25) is 5.89 Å². The first kappa shape index (κ1) is 17.4. The van der Waals surface area contributed by atoms with Gasteiger partial charge in [0.1, 0.15) is 11.8 Å². The van der Waals surface area contributed by atoms with Crippen LogP contribution in [0.15, 0.2) is 22.7 Å². The highest BCUT2D eigenvalue weighted by Gasteiger charge is 2.31. The highest BCUT2D eigenvalue weighted by atomic mass is 16.5. The van der Waals surface area contributed by atoms with Crippen LogP contribution in [-0.2, 0) is 28.9 Å². The van der Waals surface area contributed by atoms with Gasteiger partial charge in [-0.3, -0.25) is 9.69 Å². The molecule has 2 aromatic rings. The van der Waals surface area contributed by atoms with Crippen molar-refractivity contribution in [2.45, 2.75) is 25.4 Å². The molecule has 1 atom stereocenters. The Morgan fingerprint density at radius 3 is 3.08 bits per heavy atom. The number of hydrogen-bond acceptors (Lipinski definition) is 7. The molecule has 0 aliphatic carbocycles. The largest absolute Gasteiger partial charge is 0.493 e. The smallest absolute Gasteiger partial charge is 0.325 e. The zero-order valence-electron chi connectivity index (χ0n) is 14.3. The van der Waals surface area contributed by atoms with Gasteiger partial charge < -0.3 is 19.1 Å². The Labute approximate surface area is 145 Å². The minimum Gasteiger partial charge on any atom is -0.493 e. The van der Waals surface area contributed by atoms with Crippen LogP contribution in [0.2, 0.25) is 0 Å². The number of para-hydroxylation sites is 1. The van der Waals surface area contributed by atoms with E-state index in [1.807, 2.05) is 12.1 Å². The molecule has 8 nitrogen and oxygen atoms in total. The Bertz CT molecular complexity index is 746. The topological polar surface area (TPSA) is 97.9 Å². The molecule has 1 aromatic carbocycles. The maximum absolute atomic E-state index is 11.9. The van der Waals surface area contributed by atoms with E-state index >= 15 is 0 Å². The molecule has 0 amide bonds. The van der Waals surface area contributed by atoms with E-state index in [9.17, 15) is 9.90 Å². The highest BCUT2D eigenvalue weighted by Crippen LogP contribution is 2.36. The summed E-state index contributed by atoms with van der Waals surface area (Å²) in [5, 5.41) is 13.6. The van der Waals surface area contributed by atoms with Gasteiger partial charge in [-0.15, -0.1) is 0 Å². The number of methoxy groups -OCH3 is 1. The maximum Gasteiger partial charge on any atom is 0.325 e. The lowest BCUT2D eigenvalue weighted by Crippen LogP contribution is -2.31. The fourth-order valence-electron chi connectivity index (χ4n) is 2.97. The SMILES string of the molecule is COCCc1noc(CN(C)C(C(=O)O)c2cccc3c2OCC3)n1. The first-order valence-corrected chi connectivity index (χ1v) is 8.08. The van der Waals surface area contributed by atoms with Crippen molar-refractivity contribution in [3.8, 4) is 5.75 Å². The van der Waals surface area contributed by atoms with E-state index in [0.717, 1.165) is 12.0 Å². The molecule has 0 fully saturated rings. The van der Waals surface area contributed by atoms with E-state index in [4.69, 9.17) is 14.0 Å². The third kappa shape index (κ3) is 3.80. The minimum absolute atomic E-state index is 0.223. The van der Waals surface area contributed by atoms with Crippen LogP contribution in [0.5, 0.6) is 5.75 Å². The van der Waals surface area contributed by atoms with Gasteiger partial charge in [0, 0.05) is 25.5 Å². The number of carboxylic acid groups (broad SMARTS) is 1. The van der Waals surface area contributed by atoms with Gasteiger partial charge in [0.05, 0.1) is 19.8 Å². The average Bonchev–Trinajstić information content (AvgIpc) is 3.22. The van der Waals surface area contributed by atoms with Crippen molar-refractivity contribution in [1.82, 2.24) is 15.0 Å². The van der Waals surface area contributed by atoms with Crippen LogP contribution in [0, 0.1) is 0 Å². The summed E-state index contributed by atoms with van der Waals surface area (Å²) in [6.07, 6.45) is 1.35. The second-order valence-electron chi connectivity index (χ2n) is 5.94. The second-order valence-corrected chi connectivity index (χ2v) is 5.94. The van der Waals surface area contributed by atoms with Crippen molar-refractivity contribution in [2.24, 2.45) is 0 Å². The molecule has 0 saturated carbocycles. The molecule has 0 spiro atoms. The van der Waals surface area contributed by atoms with Gasteiger partial charge in [-0.1, -0.05) is 23.4 Å². The van der Waals surface area contributed by atoms with Crippen LogP contribution >= 0.6 is 0 Å². The minimum atomic E-state index is -0.953.